The zero-order valence-electron chi connectivity index (χ0n) is 12.7. The third-order valence-corrected chi connectivity index (χ3v) is 4.60. The van der Waals surface area contributed by atoms with Gasteiger partial charge in [0.25, 0.3) is 5.91 Å². The minimum atomic E-state index is -2.93. The molecule has 1 amide bonds. The van der Waals surface area contributed by atoms with Crippen molar-refractivity contribution < 1.29 is 23.0 Å². The van der Waals surface area contributed by atoms with E-state index < -0.39 is 6.61 Å². The number of thiophene rings is 1. The molecule has 0 aromatic carbocycles. The van der Waals surface area contributed by atoms with E-state index in [1.807, 2.05) is 6.92 Å². The summed E-state index contributed by atoms with van der Waals surface area (Å²) in [5.41, 5.74) is 0. The maximum atomic E-state index is 12.4. The number of aryl methyl sites for hydroxylation is 1. The van der Waals surface area contributed by atoms with Gasteiger partial charge in [-0.25, -0.2) is 0 Å². The minimum absolute atomic E-state index is 0.0430. The number of carbonyl (C=O) groups is 1. The molecule has 0 aliphatic carbocycles. The molecule has 1 aromatic rings. The number of halogens is 2. The monoisotopic (exact) mass is 333 g/mol. The molecule has 1 N–H and O–H groups in total. The van der Waals surface area contributed by atoms with Crippen LogP contribution in [-0.2, 0) is 4.74 Å². The van der Waals surface area contributed by atoms with Crippen LogP contribution in [-0.4, -0.2) is 31.3 Å². The number of ether oxygens (including phenoxy) is 2. The van der Waals surface area contributed by atoms with Gasteiger partial charge >= 0.3 is 6.61 Å². The van der Waals surface area contributed by atoms with E-state index in [0.29, 0.717) is 0 Å². The van der Waals surface area contributed by atoms with Crippen LogP contribution >= 0.6 is 11.3 Å². The van der Waals surface area contributed by atoms with Crippen LogP contribution in [0, 0.1) is 6.92 Å². The molecule has 0 spiro atoms. The van der Waals surface area contributed by atoms with Crippen molar-refractivity contribution in [1.82, 2.24) is 5.32 Å². The van der Waals surface area contributed by atoms with Gasteiger partial charge in [-0.2, -0.15) is 8.78 Å². The molecule has 2 rings (SSSR count). The normalized spacial score (nSPS) is 19.4. The molecule has 0 radical (unpaired) electrons. The predicted octanol–water partition coefficient (Wildman–Crippen LogP) is 3.74. The predicted molar refractivity (Wildman–Crippen MR) is 80.8 cm³/mol. The lowest BCUT2D eigenvalue weighted by Gasteiger charge is -2.16. The van der Waals surface area contributed by atoms with E-state index in [-0.39, 0.29) is 28.7 Å². The van der Waals surface area contributed by atoms with E-state index >= 15 is 0 Å². The Bertz CT molecular complexity index is 501. The number of nitrogens with one attached hydrogen (secondary N) is 1. The summed E-state index contributed by atoms with van der Waals surface area (Å²) < 4.78 is 34.7. The highest BCUT2D eigenvalue weighted by Crippen LogP contribution is 2.30. The second-order valence-corrected chi connectivity index (χ2v) is 6.77. The van der Waals surface area contributed by atoms with E-state index in [2.05, 4.69) is 10.1 Å². The highest BCUT2D eigenvalue weighted by Gasteiger charge is 2.21. The lowest BCUT2D eigenvalue weighted by molar-refractivity contribution is -0.0498. The summed E-state index contributed by atoms with van der Waals surface area (Å²) in [4.78, 5) is 13.2. The second-order valence-electron chi connectivity index (χ2n) is 5.52. The molecule has 4 nitrogen and oxygen atoms in total. The van der Waals surface area contributed by atoms with Gasteiger partial charge in [-0.1, -0.05) is 0 Å². The van der Waals surface area contributed by atoms with Crippen LogP contribution in [0.5, 0.6) is 5.75 Å². The third kappa shape index (κ3) is 4.91. The van der Waals surface area contributed by atoms with E-state index in [1.54, 1.807) is 6.92 Å². The molecule has 2 atom stereocenters. The first-order valence-corrected chi connectivity index (χ1v) is 8.25. The van der Waals surface area contributed by atoms with Gasteiger partial charge in [0.15, 0.2) is 0 Å². The van der Waals surface area contributed by atoms with Crippen molar-refractivity contribution in [2.45, 2.75) is 58.3 Å². The van der Waals surface area contributed by atoms with Crippen LogP contribution < -0.4 is 10.1 Å². The molecule has 1 fully saturated rings. The van der Waals surface area contributed by atoms with Crippen molar-refractivity contribution in [3.05, 3.63) is 15.8 Å². The lowest BCUT2D eigenvalue weighted by atomic mass is 10.1. The fourth-order valence-corrected chi connectivity index (χ4v) is 3.35. The molecule has 1 saturated heterocycles. The number of hydrogen-bond acceptors (Lipinski definition) is 4. The van der Waals surface area contributed by atoms with Crippen LogP contribution in [0.2, 0.25) is 0 Å². The second kappa shape index (κ2) is 7.87. The van der Waals surface area contributed by atoms with Gasteiger partial charge < -0.3 is 14.8 Å². The molecule has 124 valence electrons. The van der Waals surface area contributed by atoms with E-state index in [0.717, 1.165) is 48.5 Å². The smallest absolute Gasteiger partial charge is 0.387 e. The van der Waals surface area contributed by atoms with Crippen molar-refractivity contribution in [1.29, 1.82) is 0 Å². The summed E-state index contributed by atoms with van der Waals surface area (Å²) in [5.74, 6) is -0.421. The number of rotatable bonds is 7. The Morgan fingerprint density at radius 2 is 2.36 bits per heavy atom. The molecule has 1 aliphatic rings. The number of carbonyl (C=O) groups excluding carboxylic acids is 1. The van der Waals surface area contributed by atoms with Crippen molar-refractivity contribution in [3.8, 4) is 5.75 Å². The molecular formula is C15H21F2NO3S. The maximum Gasteiger partial charge on any atom is 0.387 e. The average Bonchev–Trinajstić information content (AvgIpc) is 3.05. The fraction of sp³-hybridized carbons (Fsp3) is 0.667. The summed E-state index contributed by atoms with van der Waals surface area (Å²) in [5, 5.41) is 2.84. The summed E-state index contributed by atoms with van der Waals surface area (Å²) in [7, 11) is 0. The molecule has 1 aromatic heterocycles. The Labute approximate surface area is 132 Å². The van der Waals surface area contributed by atoms with E-state index in [4.69, 9.17) is 4.74 Å². The zero-order chi connectivity index (χ0) is 16.1. The Hall–Kier alpha value is -1.21. The van der Waals surface area contributed by atoms with Crippen molar-refractivity contribution in [2.24, 2.45) is 0 Å². The highest BCUT2D eigenvalue weighted by molar-refractivity contribution is 7.14. The van der Waals surface area contributed by atoms with Crippen LogP contribution in [0.3, 0.4) is 0 Å². The van der Waals surface area contributed by atoms with Gasteiger partial charge in [0, 0.05) is 17.5 Å². The lowest BCUT2D eigenvalue weighted by Crippen LogP contribution is -2.33. The fourth-order valence-electron chi connectivity index (χ4n) is 2.50. The Kier molecular flexibility index (Phi) is 6.14. The van der Waals surface area contributed by atoms with Crippen molar-refractivity contribution >= 4 is 17.2 Å². The third-order valence-electron chi connectivity index (χ3n) is 3.57. The maximum absolute atomic E-state index is 12.4. The van der Waals surface area contributed by atoms with Gasteiger partial charge in [0.05, 0.1) is 6.10 Å². The molecule has 1 aliphatic heterocycles. The Morgan fingerprint density at radius 3 is 3.00 bits per heavy atom. The van der Waals surface area contributed by atoms with Gasteiger partial charge in [0.2, 0.25) is 0 Å². The average molecular weight is 333 g/mol. The minimum Gasteiger partial charge on any atom is -0.433 e. The molecule has 2 heterocycles. The summed E-state index contributed by atoms with van der Waals surface area (Å²) in [6.07, 6.45) is 4.13. The van der Waals surface area contributed by atoms with Gasteiger partial charge in [-0.15, -0.1) is 11.3 Å². The van der Waals surface area contributed by atoms with Gasteiger partial charge in [-0.3, -0.25) is 4.79 Å². The molecule has 0 unspecified atom stereocenters. The number of alkyl halides is 2. The van der Waals surface area contributed by atoms with Gasteiger partial charge in [0.1, 0.15) is 10.6 Å². The first-order valence-electron chi connectivity index (χ1n) is 7.43. The van der Waals surface area contributed by atoms with Crippen LogP contribution in [0.25, 0.3) is 0 Å². The van der Waals surface area contributed by atoms with Crippen LogP contribution in [0.1, 0.15) is 47.2 Å². The Morgan fingerprint density at radius 1 is 1.59 bits per heavy atom. The highest BCUT2D eigenvalue weighted by atomic mass is 32.1. The summed E-state index contributed by atoms with van der Waals surface area (Å²) in [6, 6.07) is 1.42. The molecule has 0 saturated carbocycles. The largest absolute Gasteiger partial charge is 0.433 e. The standard InChI is InChI=1S/C15H21F2NO3S/c1-9(5-6-11-4-3-7-20-11)18-14(19)13-12(21-15(16)17)8-10(2)22-13/h8-9,11,15H,3-7H2,1-2H3,(H,18,19)/t9-,11-/m0/s1. The molecule has 7 heteroatoms. The van der Waals surface area contributed by atoms with E-state index in [1.165, 1.54) is 6.07 Å². The van der Waals surface area contributed by atoms with E-state index in [9.17, 15) is 13.6 Å². The first-order chi connectivity index (χ1) is 10.5. The summed E-state index contributed by atoms with van der Waals surface area (Å²) >= 11 is 1.15. The van der Waals surface area contributed by atoms with Crippen LogP contribution in [0.15, 0.2) is 6.07 Å². The van der Waals surface area contributed by atoms with Gasteiger partial charge in [-0.05, 0) is 45.6 Å². The topological polar surface area (TPSA) is 47.6 Å². The number of amides is 1. The molecular weight excluding hydrogens is 312 g/mol. The SMILES string of the molecule is Cc1cc(OC(F)F)c(C(=O)N[C@@H](C)CC[C@@H]2CCCO2)s1. The first kappa shape index (κ1) is 17.1. The summed E-state index contributed by atoms with van der Waals surface area (Å²) in [6.45, 7) is 1.54. The Balaban J connectivity index is 1.87. The van der Waals surface area contributed by atoms with Crippen molar-refractivity contribution in [3.63, 3.8) is 0 Å². The quantitative estimate of drug-likeness (QED) is 0.827. The van der Waals surface area contributed by atoms with Crippen LogP contribution in [0.4, 0.5) is 8.78 Å². The zero-order valence-corrected chi connectivity index (χ0v) is 13.6. The molecule has 22 heavy (non-hydrogen) atoms. The number of hydrogen-bond donors (Lipinski definition) is 1. The van der Waals surface area contributed by atoms with Crippen molar-refractivity contribution in [2.75, 3.05) is 6.61 Å². The molecule has 0 bridgehead atoms.